The van der Waals surface area contributed by atoms with Gasteiger partial charge in [0.25, 0.3) is 0 Å². The maximum Gasteiger partial charge on any atom is 0.162 e. The number of halogens is 4. The number of rotatable bonds is 3. The van der Waals surface area contributed by atoms with Gasteiger partial charge in [0.2, 0.25) is 0 Å². The first-order chi connectivity index (χ1) is 9.02. The van der Waals surface area contributed by atoms with E-state index < -0.39 is 0 Å². The van der Waals surface area contributed by atoms with Gasteiger partial charge in [-0.05, 0) is 40.5 Å². The van der Waals surface area contributed by atoms with Crippen molar-refractivity contribution in [1.29, 1.82) is 0 Å². The first-order valence-corrected chi connectivity index (χ1v) is 7.63. The molecule has 2 rings (SSSR count). The second-order valence-corrected chi connectivity index (χ2v) is 5.97. The molecular weight excluding hydrogens is 370 g/mol. The van der Waals surface area contributed by atoms with Crippen LogP contribution in [0.2, 0.25) is 15.2 Å². The van der Waals surface area contributed by atoms with E-state index in [1.807, 2.05) is 0 Å². The molecule has 19 heavy (non-hydrogen) atoms. The van der Waals surface area contributed by atoms with E-state index >= 15 is 0 Å². The van der Waals surface area contributed by atoms with Gasteiger partial charge in [-0.3, -0.25) is 0 Å². The Kier molecular flexibility index (Phi) is 5.07. The van der Waals surface area contributed by atoms with Gasteiger partial charge < -0.3 is 0 Å². The Bertz CT molecular complexity index is 617. The predicted octanol–water partition coefficient (Wildman–Crippen LogP) is 5.82. The number of benzene rings is 1. The average Bonchev–Trinajstić information content (AvgIpc) is 2.38. The quantitative estimate of drug-likeness (QED) is 0.627. The van der Waals surface area contributed by atoms with Crippen LogP contribution in [0.1, 0.15) is 19.0 Å². The molecule has 0 amide bonds. The van der Waals surface area contributed by atoms with Crippen molar-refractivity contribution in [3.8, 4) is 11.4 Å². The van der Waals surface area contributed by atoms with Crippen molar-refractivity contribution >= 4 is 50.7 Å². The van der Waals surface area contributed by atoms with Crippen molar-refractivity contribution in [3.05, 3.63) is 43.6 Å². The van der Waals surface area contributed by atoms with Crippen LogP contribution in [-0.4, -0.2) is 9.97 Å². The third-order valence-electron chi connectivity index (χ3n) is 2.54. The first-order valence-electron chi connectivity index (χ1n) is 5.70. The maximum atomic E-state index is 6.16. The molecule has 2 nitrogen and oxygen atoms in total. The van der Waals surface area contributed by atoms with Crippen LogP contribution in [0.4, 0.5) is 0 Å². The zero-order valence-electron chi connectivity index (χ0n) is 10.1. The molecule has 0 bridgehead atoms. The van der Waals surface area contributed by atoms with E-state index in [1.54, 1.807) is 18.2 Å². The SMILES string of the molecule is CCCc1nc(-c2cc(Cl)ccc2Cl)nc(Cl)c1Br. The fourth-order valence-corrected chi connectivity index (χ4v) is 2.59. The summed E-state index contributed by atoms with van der Waals surface area (Å²) in [5.74, 6) is 0.490. The summed E-state index contributed by atoms with van der Waals surface area (Å²) in [6, 6.07) is 5.18. The summed E-state index contributed by atoms with van der Waals surface area (Å²) in [6.07, 6.45) is 1.78. The molecule has 0 saturated carbocycles. The van der Waals surface area contributed by atoms with Crippen LogP contribution in [0.15, 0.2) is 22.7 Å². The van der Waals surface area contributed by atoms with Gasteiger partial charge in [-0.1, -0.05) is 48.1 Å². The van der Waals surface area contributed by atoms with Crippen molar-refractivity contribution in [1.82, 2.24) is 9.97 Å². The summed E-state index contributed by atoms with van der Waals surface area (Å²) in [5, 5.41) is 1.51. The minimum Gasteiger partial charge on any atom is -0.232 e. The lowest BCUT2D eigenvalue weighted by molar-refractivity contribution is 0.868. The lowest BCUT2D eigenvalue weighted by atomic mass is 10.2. The topological polar surface area (TPSA) is 25.8 Å². The smallest absolute Gasteiger partial charge is 0.162 e. The van der Waals surface area contributed by atoms with Gasteiger partial charge in [-0.15, -0.1) is 0 Å². The molecule has 100 valence electrons. The molecule has 1 aromatic carbocycles. The van der Waals surface area contributed by atoms with Gasteiger partial charge in [0.15, 0.2) is 5.82 Å². The molecule has 0 fully saturated rings. The van der Waals surface area contributed by atoms with E-state index in [1.165, 1.54) is 0 Å². The van der Waals surface area contributed by atoms with E-state index in [4.69, 9.17) is 34.8 Å². The largest absolute Gasteiger partial charge is 0.232 e. The van der Waals surface area contributed by atoms with Crippen molar-refractivity contribution < 1.29 is 0 Å². The molecule has 0 atom stereocenters. The van der Waals surface area contributed by atoms with Crippen LogP contribution in [0, 0.1) is 0 Å². The molecule has 2 aromatic rings. The molecule has 0 spiro atoms. The molecular formula is C13H10BrCl3N2. The summed E-state index contributed by atoms with van der Waals surface area (Å²) in [6.45, 7) is 2.08. The van der Waals surface area contributed by atoms with Crippen molar-refractivity contribution in [2.75, 3.05) is 0 Å². The summed E-state index contributed by atoms with van der Waals surface area (Å²) in [7, 11) is 0. The first kappa shape index (κ1) is 15.0. The van der Waals surface area contributed by atoms with Gasteiger partial charge in [0.1, 0.15) is 5.15 Å². The minimum atomic E-state index is 0.379. The van der Waals surface area contributed by atoms with Gasteiger partial charge in [-0.2, -0.15) is 0 Å². The van der Waals surface area contributed by atoms with E-state index in [9.17, 15) is 0 Å². The number of aromatic nitrogens is 2. The fraction of sp³-hybridized carbons (Fsp3) is 0.231. The zero-order valence-corrected chi connectivity index (χ0v) is 13.9. The van der Waals surface area contributed by atoms with Crippen LogP contribution < -0.4 is 0 Å². The Hall–Kier alpha value is -0.350. The molecule has 0 aliphatic heterocycles. The van der Waals surface area contributed by atoms with E-state index in [-0.39, 0.29) is 0 Å². The normalized spacial score (nSPS) is 10.8. The van der Waals surface area contributed by atoms with Gasteiger partial charge in [-0.25, -0.2) is 9.97 Å². The average molecular weight is 380 g/mol. The number of nitrogens with zero attached hydrogens (tertiary/aromatic N) is 2. The fourth-order valence-electron chi connectivity index (χ4n) is 1.65. The number of hydrogen-bond acceptors (Lipinski definition) is 2. The molecule has 0 N–H and O–H groups in total. The van der Waals surface area contributed by atoms with Gasteiger partial charge in [0, 0.05) is 10.6 Å². The van der Waals surface area contributed by atoms with E-state index in [0.29, 0.717) is 26.6 Å². The van der Waals surface area contributed by atoms with Crippen molar-refractivity contribution in [2.24, 2.45) is 0 Å². The highest BCUT2D eigenvalue weighted by atomic mass is 79.9. The van der Waals surface area contributed by atoms with Crippen molar-refractivity contribution in [3.63, 3.8) is 0 Å². The summed E-state index contributed by atoms with van der Waals surface area (Å²) in [4.78, 5) is 8.76. The third-order valence-corrected chi connectivity index (χ3v) is 4.44. The Morgan fingerprint density at radius 1 is 1.16 bits per heavy atom. The second kappa shape index (κ2) is 6.40. The predicted molar refractivity (Wildman–Crippen MR) is 84.2 cm³/mol. The molecule has 0 aliphatic carbocycles. The molecule has 0 unspecified atom stereocenters. The second-order valence-electron chi connectivity index (χ2n) is 3.97. The molecule has 0 radical (unpaired) electrons. The summed E-state index contributed by atoms with van der Waals surface area (Å²) < 4.78 is 0.734. The molecule has 0 saturated heterocycles. The maximum absolute atomic E-state index is 6.16. The third kappa shape index (κ3) is 3.40. The minimum absolute atomic E-state index is 0.379. The monoisotopic (exact) mass is 378 g/mol. The lowest BCUT2D eigenvalue weighted by Gasteiger charge is -2.09. The summed E-state index contributed by atoms with van der Waals surface area (Å²) >= 11 is 21.7. The van der Waals surface area contributed by atoms with Crippen LogP contribution in [0.3, 0.4) is 0 Å². The van der Waals surface area contributed by atoms with Crippen LogP contribution in [0.25, 0.3) is 11.4 Å². The van der Waals surface area contributed by atoms with Crippen molar-refractivity contribution in [2.45, 2.75) is 19.8 Å². The zero-order chi connectivity index (χ0) is 14.0. The standard InChI is InChI=1S/C13H10BrCl3N2/c1-2-3-10-11(14)12(17)19-13(18-10)8-6-7(15)4-5-9(8)16/h4-6H,2-3H2,1H3. The number of hydrogen-bond donors (Lipinski definition) is 0. The highest BCUT2D eigenvalue weighted by Gasteiger charge is 2.14. The molecule has 1 aromatic heterocycles. The Morgan fingerprint density at radius 2 is 1.89 bits per heavy atom. The highest BCUT2D eigenvalue weighted by molar-refractivity contribution is 9.10. The molecule has 6 heteroatoms. The molecule has 0 aliphatic rings. The summed E-state index contributed by atoms with van der Waals surface area (Å²) in [5.41, 5.74) is 1.55. The van der Waals surface area contributed by atoms with Gasteiger partial charge >= 0.3 is 0 Å². The molecule has 1 heterocycles. The van der Waals surface area contributed by atoms with Crippen LogP contribution in [-0.2, 0) is 6.42 Å². The highest BCUT2D eigenvalue weighted by Crippen LogP contribution is 2.32. The van der Waals surface area contributed by atoms with Crippen LogP contribution >= 0.6 is 50.7 Å². The Labute approximate surface area is 135 Å². The Balaban J connectivity index is 2.59. The Morgan fingerprint density at radius 3 is 2.58 bits per heavy atom. The van der Waals surface area contributed by atoms with E-state index in [2.05, 4.69) is 32.8 Å². The van der Waals surface area contributed by atoms with Crippen LogP contribution in [0.5, 0.6) is 0 Å². The van der Waals surface area contributed by atoms with E-state index in [0.717, 1.165) is 23.0 Å². The lowest BCUT2D eigenvalue weighted by Crippen LogP contribution is -1.99. The van der Waals surface area contributed by atoms with Gasteiger partial charge in [0.05, 0.1) is 15.2 Å². The number of aryl methyl sites for hydroxylation is 1.